The van der Waals surface area contributed by atoms with Gasteiger partial charge in [-0.15, -0.1) is 11.8 Å². The van der Waals surface area contributed by atoms with E-state index in [9.17, 15) is 8.42 Å². The molecular formula is C8H15N3O2S3. The van der Waals surface area contributed by atoms with Crippen molar-refractivity contribution in [3.8, 4) is 0 Å². The first kappa shape index (κ1) is 13.6. The van der Waals surface area contributed by atoms with E-state index in [0.29, 0.717) is 18.8 Å². The Balaban J connectivity index is 2.43. The summed E-state index contributed by atoms with van der Waals surface area (Å²) in [5, 5.41) is 4.06. The van der Waals surface area contributed by atoms with Crippen LogP contribution >= 0.6 is 23.3 Å². The van der Waals surface area contributed by atoms with Crippen molar-refractivity contribution in [1.29, 1.82) is 0 Å². The summed E-state index contributed by atoms with van der Waals surface area (Å²) in [6.45, 7) is 0.613. The average Bonchev–Trinajstić information content (AvgIpc) is 2.52. The molecule has 0 aliphatic carbocycles. The molecule has 1 aromatic heterocycles. The molecule has 1 rings (SSSR count). The molecular weight excluding hydrogens is 266 g/mol. The molecule has 0 fully saturated rings. The molecule has 8 heteroatoms. The maximum atomic E-state index is 10.9. The molecule has 5 nitrogen and oxygen atoms in total. The lowest BCUT2D eigenvalue weighted by molar-refractivity contribution is 0.600. The summed E-state index contributed by atoms with van der Waals surface area (Å²) in [5.41, 5.74) is 5.67. The highest BCUT2D eigenvalue weighted by Gasteiger charge is 2.09. The van der Waals surface area contributed by atoms with Gasteiger partial charge in [0.1, 0.15) is 14.8 Å². The fraction of sp³-hybridized carbons (Fsp3) is 0.625. The van der Waals surface area contributed by atoms with Gasteiger partial charge in [0, 0.05) is 12.8 Å². The minimum atomic E-state index is -2.87. The summed E-state index contributed by atoms with van der Waals surface area (Å²) >= 11 is 2.84. The lowest BCUT2D eigenvalue weighted by atomic mass is 10.5. The summed E-state index contributed by atoms with van der Waals surface area (Å²) in [5.74, 6) is 0.728. The number of aromatic nitrogens is 1. The standard InChI is InChI=1S/C8H15N3O2S3/c1-14-6-7(9)11-15-8(6)10-4-3-5-16(2,12)13/h10H,3-5H2,1-2H3,(H2,9,11). The van der Waals surface area contributed by atoms with Crippen LogP contribution in [0.25, 0.3) is 0 Å². The number of rotatable bonds is 6. The van der Waals surface area contributed by atoms with Crippen molar-refractivity contribution in [1.82, 2.24) is 4.37 Å². The van der Waals surface area contributed by atoms with Gasteiger partial charge in [0.05, 0.1) is 10.6 Å². The number of nitrogens with two attached hydrogens (primary N) is 1. The zero-order valence-corrected chi connectivity index (χ0v) is 11.6. The van der Waals surface area contributed by atoms with Gasteiger partial charge in [-0.2, -0.15) is 4.37 Å². The number of hydrogen-bond acceptors (Lipinski definition) is 7. The number of anilines is 2. The van der Waals surface area contributed by atoms with E-state index in [4.69, 9.17) is 5.73 Å². The van der Waals surface area contributed by atoms with E-state index >= 15 is 0 Å². The Hall–Kier alpha value is -0.470. The molecule has 1 aromatic rings. The molecule has 0 saturated heterocycles. The Morgan fingerprint density at radius 2 is 2.25 bits per heavy atom. The molecule has 0 radical (unpaired) electrons. The van der Waals surface area contributed by atoms with Crippen LogP contribution in [0.4, 0.5) is 10.8 Å². The van der Waals surface area contributed by atoms with E-state index in [-0.39, 0.29) is 5.75 Å². The van der Waals surface area contributed by atoms with Crippen molar-refractivity contribution in [3.63, 3.8) is 0 Å². The highest BCUT2D eigenvalue weighted by molar-refractivity contribution is 7.99. The quantitative estimate of drug-likeness (QED) is 0.604. The van der Waals surface area contributed by atoms with Crippen molar-refractivity contribution >= 4 is 44.0 Å². The number of thioether (sulfide) groups is 1. The summed E-state index contributed by atoms with van der Waals surface area (Å²) < 4.78 is 25.8. The van der Waals surface area contributed by atoms with Gasteiger partial charge >= 0.3 is 0 Å². The molecule has 0 spiro atoms. The molecule has 0 aliphatic rings. The van der Waals surface area contributed by atoms with Gasteiger partial charge in [0.15, 0.2) is 5.82 Å². The van der Waals surface area contributed by atoms with Crippen molar-refractivity contribution in [2.45, 2.75) is 11.3 Å². The van der Waals surface area contributed by atoms with E-state index in [1.54, 1.807) is 0 Å². The van der Waals surface area contributed by atoms with E-state index in [0.717, 1.165) is 9.90 Å². The van der Waals surface area contributed by atoms with Gasteiger partial charge in [-0.1, -0.05) is 0 Å². The first-order chi connectivity index (χ1) is 7.44. The summed E-state index contributed by atoms with van der Waals surface area (Å²) in [4.78, 5) is 0.935. The lowest BCUT2D eigenvalue weighted by Crippen LogP contribution is -2.09. The van der Waals surface area contributed by atoms with Crippen molar-refractivity contribution < 1.29 is 8.42 Å². The Bertz CT molecular complexity index is 441. The van der Waals surface area contributed by atoms with Crippen LogP contribution in [0.2, 0.25) is 0 Å². The smallest absolute Gasteiger partial charge is 0.153 e. The summed E-state index contributed by atoms with van der Waals surface area (Å²) in [6.07, 6.45) is 3.76. The summed E-state index contributed by atoms with van der Waals surface area (Å²) in [6, 6.07) is 0. The SMILES string of the molecule is CSc1c(N)nsc1NCCCS(C)(=O)=O. The number of nitrogens with zero attached hydrogens (tertiary/aromatic N) is 1. The molecule has 0 amide bonds. The van der Waals surface area contributed by atoms with Crippen LogP contribution in [-0.4, -0.2) is 37.6 Å². The molecule has 0 unspecified atom stereocenters. The third-order valence-corrected chi connectivity index (χ3v) is 4.66. The molecule has 1 heterocycles. The molecule has 0 bridgehead atoms. The average molecular weight is 281 g/mol. The van der Waals surface area contributed by atoms with Gasteiger partial charge < -0.3 is 11.1 Å². The Morgan fingerprint density at radius 3 is 2.81 bits per heavy atom. The van der Waals surface area contributed by atoms with Crippen LogP contribution in [0.3, 0.4) is 0 Å². The topological polar surface area (TPSA) is 85.1 Å². The van der Waals surface area contributed by atoms with Crippen LogP contribution in [0, 0.1) is 0 Å². The number of nitrogens with one attached hydrogen (secondary N) is 1. The van der Waals surface area contributed by atoms with Crippen LogP contribution in [0.1, 0.15) is 6.42 Å². The number of sulfone groups is 1. The predicted molar refractivity (Wildman–Crippen MR) is 71.1 cm³/mol. The Kier molecular flexibility index (Phi) is 4.88. The van der Waals surface area contributed by atoms with E-state index in [1.165, 1.54) is 29.6 Å². The first-order valence-electron chi connectivity index (χ1n) is 4.65. The fourth-order valence-electron chi connectivity index (χ4n) is 1.14. The molecule has 16 heavy (non-hydrogen) atoms. The second-order valence-corrected chi connectivity index (χ2v) is 7.19. The van der Waals surface area contributed by atoms with Crippen LogP contribution in [-0.2, 0) is 9.84 Å². The molecule has 0 aliphatic heterocycles. The molecule has 0 atom stereocenters. The molecule has 3 N–H and O–H groups in total. The highest BCUT2D eigenvalue weighted by atomic mass is 32.2. The van der Waals surface area contributed by atoms with Crippen LogP contribution in [0.5, 0.6) is 0 Å². The van der Waals surface area contributed by atoms with Crippen molar-refractivity contribution in [2.24, 2.45) is 0 Å². The monoisotopic (exact) mass is 281 g/mol. The van der Waals surface area contributed by atoms with Crippen LogP contribution < -0.4 is 11.1 Å². The Labute approximate surface area is 104 Å². The van der Waals surface area contributed by atoms with Crippen molar-refractivity contribution in [2.75, 3.05) is 35.9 Å². The minimum Gasteiger partial charge on any atom is -0.382 e. The molecule has 0 saturated carbocycles. The second kappa shape index (κ2) is 5.74. The maximum Gasteiger partial charge on any atom is 0.153 e. The largest absolute Gasteiger partial charge is 0.382 e. The normalized spacial score (nSPS) is 11.6. The first-order valence-corrected chi connectivity index (χ1v) is 8.70. The van der Waals surface area contributed by atoms with Gasteiger partial charge in [0.2, 0.25) is 0 Å². The van der Waals surface area contributed by atoms with Gasteiger partial charge in [-0.25, -0.2) is 8.42 Å². The van der Waals surface area contributed by atoms with Gasteiger partial charge in [-0.3, -0.25) is 0 Å². The number of hydrogen-bond donors (Lipinski definition) is 2. The number of nitrogen functional groups attached to an aromatic ring is 1. The predicted octanol–water partition coefficient (Wildman–Crippen LogP) is 1.29. The molecule has 92 valence electrons. The second-order valence-electron chi connectivity index (χ2n) is 3.34. The van der Waals surface area contributed by atoms with Crippen molar-refractivity contribution in [3.05, 3.63) is 0 Å². The van der Waals surface area contributed by atoms with Gasteiger partial charge in [0.25, 0.3) is 0 Å². The molecule has 0 aromatic carbocycles. The van der Waals surface area contributed by atoms with E-state index in [1.807, 2.05) is 6.26 Å². The lowest BCUT2D eigenvalue weighted by Gasteiger charge is -2.04. The van der Waals surface area contributed by atoms with E-state index < -0.39 is 9.84 Å². The Morgan fingerprint density at radius 1 is 1.56 bits per heavy atom. The van der Waals surface area contributed by atoms with E-state index in [2.05, 4.69) is 9.69 Å². The third-order valence-electron chi connectivity index (χ3n) is 1.86. The zero-order chi connectivity index (χ0) is 12.2. The maximum absolute atomic E-state index is 10.9. The summed E-state index contributed by atoms with van der Waals surface area (Å²) in [7, 11) is -2.87. The highest BCUT2D eigenvalue weighted by Crippen LogP contribution is 2.34. The zero-order valence-electron chi connectivity index (χ0n) is 9.19. The minimum absolute atomic E-state index is 0.197. The third kappa shape index (κ3) is 4.18. The van der Waals surface area contributed by atoms with Crippen LogP contribution in [0.15, 0.2) is 4.90 Å². The fourth-order valence-corrected chi connectivity index (χ4v) is 3.38. The van der Waals surface area contributed by atoms with Gasteiger partial charge in [-0.05, 0) is 24.2 Å².